The van der Waals surface area contributed by atoms with E-state index in [9.17, 15) is 9.59 Å². The van der Waals surface area contributed by atoms with E-state index in [-0.39, 0.29) is 24.2 Å². The average Bonchev–Trinajstić information content (AvgIpc) is 3.30. The zero-order valence-electron chi connectivity index (χ0n) is 16.1. The molecular formula is C21H18ClN3O4. The van der Waals surface area contributed by atoms with Crippen LogP contribution in [0.1, 0.15) is 33.5 Å². The number of amides is 1. The van der Waals surface area contributed by atoms with Gasteiger partial charge in [-0.1, -0.05) is 17.7 Å². The number of hydrogen-bond donors (Lipinski definition) is 0. The Morgan fingerprint density at radius 2 is 1.90 bits per heavy atom. The van der Waals surface area contributed by atoms with Crippen LogP contribution in [0.25, 0.3) is 5.69 Å². The van der Waals surface area contributed by atoms with E-state index in [1.54, 1.807) is 56.4 Å². The largest absolute Gasteiger partial charge is 0.454 e. The van der Waals surface area contributed by atoms with E-state index in [0.717, 1.165) is 0 Å². The van der Waals surface area contributed by atoms with Crippen molar-refractivity contribution in [1.29, 1.82) is 0 Å². The van der Waals surface area contributed by atoms with Crippen molar-refractivity contribution in [2.75, 3.05) is 18.7 Å². The average molecular weight is 412 g/mol. The minimum atomic E-state index is -0.218. The van der Waals surface area contributed by atoms with Crippen molar-refractivity contribution < 1.29 is 19.1 Å². The maximum Gasteiger partial charge on any atom is 0.258 e. The highest BCUT2D eigenvalue weighted by Crippen LogP contribution is 2.35. The van der Waals surface area contributed by atoms with Crippen molar-refractivity contribution in [1.82, 2.24) is 9.78 Å². The van der Waals surface area contributed by atoms with E-state index in [0.29, 0.717) is 39.2 Å². The number of fused-ring (bicyclic) bond motifs is 1. The Kier molecular flexibility index (Phi) is 4.76. The highest BCUT2D eigenvalue weighted by atomic mass is 35.5. The molecule has 1 aromatic heterocycles. The first-order valence-electron chi connectivity index (χ1n) is 8.91. The smallest absolute Gasteiger partial charge is 0.258 e. The van der Waals surface area contributed by atoms with Crippen molar-refractivity contribution in [3.05, 3.63) is 64.4 Å². The first kappa shape index (κ1) is 19.0. The monoisotopic (exact) mass is 411 g/mol. The summed E-state index contributed by atoms with van der Waals surface area (Å²) in [6.07, 6.45) is 0. The molecule has 8 heteroatoms. The van der Waals surface area contributed by atoms with Crippen LogP contribution in [0.15, 0.2) is 42.5 Å². The summed E-state index contributed by atoms with van der Waals surface area (Å²) in [7, 11) is 1.68. The van der Waals surface area contributed by atoms with Gasteiger partial charge in [0, 0.05) is 31.3 Å². The second-order valence-corrected chi connectivity index (χ2v) is 7.05. The number of benzene rings is 2. The minimum absolute atomic E-state index is 0.169. The number of carbonyl (C=O) groups is 2. The molecule has 2 aromatic carbocycles. The third-order valence-electron chi connectivity index (χ3n) is 4.71. The maximum absolute atomic E-state index is 13.1. The number of Topliss-reactive ketones (excluding diaryl/α,β-unsaturated/α-hetero) is 1. The summed E-state index contributed by atoms with van der Waals surface area (Å²) in [4.78, 5) is 26.6. The first-order chi connectivity index (χ1) is 13.9. The summed E-state index contributed by atoms with van der Waals surface area (Å²) in [6.45, 7) is 3.33. The molecule has 1 aliphatic heterocycles. The van der Waals surface area contributed by atoms with E-state index in [4.69, 9.17) is 21.1 Å². The van der Waals surface area contributed by atoms with Crippen molar-refractivity contribution in [2.24, 2.45) is 0 Å². The zero-order chi connectivity index (χ0) is 20.7. The SMILES string of the molecule is CC(=O)c1c(Cl)c(C)nn1-c1cccc(C(=O)N(C)c2ccc3c(c2)OCO3)c1. The third kappa shape index (κ3) is 3.34. The summed E-state index contributed by atoms with van der Waals surface area (Å²) >= 11 is 6.24. The molecule has 0 saturated heterocycles. The lowest BCUT2D eigenvalue weighted by Gasteiger charge is -2.18. The molecule has 0 atom stereocenters. The molecule has 0 bridgehead atoms. The second kappa shape index (κ2) is 7.25. The number of ether oxygens (including phenoxy) is 2. The summed E-state index contributed by atoms with van der Waals surface area (Å²) in [5.74, 6) is 0.831. The van der Waals surface area contributed by atoms with Crippen LogP contribution in [-0.2, 0) is 0 Å². The van der Waals surface area contributed by atoms with Gasteiger partial charge in [-0.15, -0.1) is 0 Å². The molecule has 29 heavy (non-hydrogen) atoms. The Bertz CT molecular complexity index is 1140. The van der Waals surface area contributed by atoms with Crippen LogP contribution in [-0.4, -0.2) is 35.3 Å². The Balaban J connectivity index is 1.68. The number of ketones is 1. The van der Waals surface area contributed by atoms with E-state index < -0.39 is 0 Å². The fraction of sp³-hybridized carbons (Fsp3) is 0.190. The number of carbonyl (C=O) groups excluding carboxylic acids is 2. The van der Waals surface area contributed by atoms with E-state index >= 15 is 0 Å². The number of hydrogen-bond acceptors (Lipinski definition) is 5. The quantitative estimate of drug-likeness (QED) is 0.606. The minimum Gasteiger partial charge on any atom is -0.454 e. The van der Waals surface area contributed by atoms with Crippen LogP contribution in [0.5, 0.6) is 11.5 Å². The van der Waals surface area contributed by atoms with Crippen LogP contribution >= 0.6 is 11.6 Å². The number of nitrogens with zero attached hydrogens (tertiary/aromatic N) is 3. The number of anilines is 1. The van der Waals surface area contributed by atoms with Gasteiger partial charge >= 0.3 is 0 Å². The molecule has 0 spiro atoms. The lowest BCUT2D eigenvalue weighted by atomic mass is 10.1. The van der Waals surface area contributed by atoms with Crippen molar-refractivity contribution in [3.63, 3.8) is 0 Å². The molecule has 148 valence electrons. The van der Waals surface area contributed by atoms with Gasteiger partial charge in [0.1, 0.15) is 5.69 Å². The predicted molar refractivity (Wildman–Crippen MR) is 109 cm³/mol. The van der Waals surface area contributed by atoms with Gasteiger partial charge in [0.05, 0.1) is 16.4 Å². The van der Waals surface area contributed by atoms with Gasteiger partial charge in [-0.3, -0.25) is 9.59 Å². The number of rotatable bonds is 4. The van der Waals surface area contributed by atoms with E-state index in [2.05, 4.69) is 5.10 Å². The summed E-state index contributed by atoms with van der Waals surface area (Å²) < 4.78 is 12.2. The predicted octanol–water partition coefficient (Wildman–Crippen LogP) is 4.04. The van der Waals surface area contributed by atoms with E-state index in [1.807, 2.05) is 0 Å². The standard InChI is InChI=1S/C21H18ClN3O4/c1-12-19(22)20(13(2)26)25(23-12)16-6-4-5-14(9-16)21(27)24(3)15-7-8-17-18(10-15)29-11-28-17/h4-10H,11H2,1-3H3. The van der Waals surface area contributed by atoms with Crippen LogP contribution in [0, 0.1) is 6.92 Å². The molecule has 0 saturated carbocycles. The van der Waals surface area contributed by atoms with Gasteiger partial charge < -0.3 is 14.4 Å². The van der Waals surface area contributed by atoms with Crippen LogP contribution < -0.4 is 14.4 Å². The molecular weight excluding hydrogens is 394 g/mol. The van der Waals surface area contributed by atoms with Gasteiger partial charge in [-0.05, 0) is 37.3 Å². The summed E-state index contributed by atoms with van der Waals surface area (Å²) in [6, 6.07) is 12.2. The Morgan fingerprint density at radius 3 is 2.66 bits per heavy atom. The zero-order valence-corrected chi connectivity index (χ0v) is 16.9. The van der Waals surface area contributed by atoms with Gasteiger partial charge in [0.2, 0.25) is 6.79 Å². The molecule has 7 nitrogen and oxygen atoms in total. The number of aromatic nitrogens is 2. The van der Waals surface area contributed by atoms with Crippen molar-refractivity contribution in [3.8, 4) is 17.2 Å². The van der Waals surface area contributed by atoms with Crippen LogP contribution in [0.3, 0.4) is 0 Å². The first-order valence-corrected chi connectivity index (χ1v) is 9.29. The lowest BCUT2D eigenvalue weighted by molar-refractivity contribution is 0.0990. The molecule has 0 fully saturated rings. The fourth-order valence-corrected chi connectivity index (χ4v) is 3.43. The number of aryl methyl sites for hydroxylation is 1. The second-order valence-electron chi connectivity index (χ2n) is 6.67. The molecule has 0 N–H and O–H groups in total. The van der Waals surface area contributed by atoms with Gasteiger partial charge in [-0.2, -0.15) is 5.10 Å². The molecule has 3 aromatic rings. The molecule has 2 heterocycles. The van der Waals surface area contributed by atoms with Crippen LogP contribution in [0.2, 0.25) is 5.02 Å². The fourth-order valence-electron chi connectivity index (χ4n) is 3.17. The normalized spacial score (nSPS) is 12.1. The van der Waals surface area contributed by atoms with Crippen molar-refractivity contribution in [2.45, 2.75) is 13.8 Å². The lowest BCUT2D eigenvalue weighted by Crippen LogP contribution is -2.26. The van der Waals surface area contributed by atoms with Gasteiger partial charge in [0.25, 0.3) is 5.91 Å². The van der Waals surface area contributed by atoms with E-state index in [1.165, 1.54) is 16.5 Å². The highest BCUT2D eigenvalue weighted by Gasteiger charge is 2.21. The molecule has 1 aliphatic rings. The highest BCUT2D eigenvalue weighted by molar-refractivity contribution is 6.34. The molecule has 0 radical (unpaired) electrons. The molecule has 0 aliphatic carbocycles. The van der Waals surface area contributed by atoms with Gasteiger partial charge in [0.15, 0.2) is 17.3 Å². The Morgan fingerprint density at radius 1 is 1.14 bits per heavy atom. The summed E-state index contributed by atoms with van der Waals surface area (Å²) in [5, 5.41) is 4.66. The maximum atomic E-state index is 13.1. The van der Waals surface area contributed by atoms with Gasteiger partial charge in [-0.25, -0.2) is 4.68 Å². The Labute approximate surface area is 172 Å². The van der Waals surface area contributed by atoms with Crippen molar-refractivity contribution >= 4 is 29.0 Å². The topological polar surface area (TPSA) is 73.7 Å². The molecule has 0 unspecified atom stereocenters. The third-order valence-corrected chi connectivity index (χ3v) is 5.16. The molecule has 4 rings (SSSR count). The van der Waals surface area contributed by atoms with Crippen LogP contribution in [0.4, 0.5) is 5.69 Å². The summed E-state index contributed by atoms with van der Waals surface area (Å²) in [5.41, 5.74) is 2.53. The molecule has 1 amide bonds. The Hall–Kier alpha value is -3.32. The number of halogens is 1.